The van der Waals surface area contributed by atoms with Crippen molar-refractivity contribution in [2.75, 3.05) is 11.4 Å². The Labute approximate surface area is 142 Å². The molecule has 1 saturated heterocycles. The first kappa shape index (κ1) is 17.8. The number of amides is 2. The van der Waals surface area contributed by atoms with Gasteiger partial charge in [-0.15, -0.1) is 0 Å². The van der Waals surface area contributed by atoms with Gasteiger partial charge in [-0.25, -0.2) is 0 Å². The van der Waals surface area contributed by atoms with Crippen molar-refractivity contribution < 1.29 is 9.59 Å². The highest BCUT2D eigenvalue weighted by Crippen LogP contribution is 2.28. The summed E-state index contributed by atoms with van der Waals surface area (Å²) in [5.41, 5.74) is 6.63. The molecule has 3 unspecified atom stereocenters. The summed E-state index contributed by atoms with van der Waals surface area (Å²) in [5.74, 6) is -0.318. The fourth-order valence-electron chi connectivity index (χ4n) is 2.70. The largest absolute Gasteiger partial charge is 0.343 e. The van der Waals surface area contributed by atoms with Crippen LogP contribution in [0.1, 0.15) is 33.1 Å². The summed E-state index contributed by atoms with van der Waals surface area (Å²) < 4.78 is 0. The molecule has 0 radical (unpaired) electrons. The molecule has 23 heavy (non-hydrogen) atoms. The van der Waals surface area contributed by atoms with Crippen molar-refractivity contribution in [2.45, 2.75) is 45.2 Å². The van der Waals surface area contributed by atoms with Crippen molar-refractivity contribution in [1.29, 1.82) is 0 Å². The molecule has 0 aromatic heterocycles. The number of benzene rings is 1. The topological polar surface area (TPSA) is 75.4 Å². The monoisotopic (exact) mass is 337 g/mol. The highest BCUT2D eigenvalue weighted by atomic mass is 35.5. The summed E-state index contributed by atoms with van der Waals surface area (Å²) in [6, 6.07) is 6.10. The molecule has 1 aliphatic rings. The lowest BCUT2D eigenvalue weighted by molar-refractivity contribution is -0.129. The highest BCUT2D eigenvalue weighted by molar-refractivity contribution is 6.33. The van der Waals surface area contributed by atoms with E-state index in [9.17, 15) is 9.59 Å². The zero-order valence-corrected chi connectivity index (χ0v) is 14.3. The van der Waals surface area contributed by atoms with E-state index in [4.69, 9.17) is 17.3 Å². The molecule has 2 amide bonds. The van der Waals surface area contributed by atoms with Crippen LogP contribution in [0.4, 0.5) is 5.69 Å². The van der Waals surface area contributed by atoms with E-state index >= 15 is 0 Å². The molecule has 126 valence electrons. The van der Waals surface area contributed by atoms with Gasteiger partial charge in [-0.2, -0.15) is 0 Å². The molecule has 0 bridgehead atoms. The number of rotatable bonds is 5. The quantitative estimate of drug-likeness (QED) is 0.865. The minimum Gasteiger partial charge on any atom is -0.343 e. The lowest BCUT2D eigenvalue weighted by Crippen LogP contribution is -2.56. The average molecular weight is 338 g/mol. The van der Waals surface area contributed by atoms with Crippen LogP contribution in [0.5, 0.6) is 0 Å². The van der Waals surface area contributed by atoms with Gasteiger partial charge in [0.05, 0.1) is 16.8 Å². The number of anilines is 1. The summed E-state index contributed by atoms with van der Waals surface area (Å²) >= 11 is 6.19. The van der Waals surface area contributed by atoms with E-state index in [1.807, 2.05) is 32.0 Å². The number of halogens is 1. The first-order valence-electron chi connectivity index (χ1n) is 8.07. The number of para-hydroxylation sites is 1. The van der Waals surface area contributed by atoms with Crippen molar-refractivity contribution in [3.63, 3.8) is 0 Å². The second-order valence-corrected chi connectivity index (χ2v) is 6.46. The zero-order valence-electron chi connectivity index (χ0n) is 13.6. The Morgan fingerprint density at radius 1 is 1.48 bits per heavy atom. The summed E-state index contributed by atoms with van der Waals surface area (Å²) in [5, 5.41) is 3.34. The molecule has 6 heteroatoms. The smallest absolute Gasteiger partial charge is 0.249 e. The van der Waals surface area contributed by atoms with Crippen LogP contribution in [0.2, 0.25) is 5.02 Å². The zero-order chi connectivity index (χ0) is 17.0. The summed E-state index contributed by atoms with van der Waals surface area (Å²) in [6.45, 7) is 4.53. The number of hydrogen-bond donors (Lipinski definition) is 2. The van der Waals surface area contributed by atoms with Crippen molar-refractivity contribution in [1.82, 2.24) is 5.32 Å². The minimum atomic E-state index is -0.594. The third kappa shape index (κ3) is 4.03. The van der Waals surface area contributed by atoms with E-state index in [0.717, 1.165) is 12.8 Å². The number of carbonyl (C=O) groups excluding carboxylic acids is 2. The number of nitrogens with zero attached hydrogens (tertiary/aromatic N) is 1. The van der Waals surface area contributed by atoms with Crippen LogP contribution in [-0.2, 0) is 9.59 Å². The molecular formula is C17H24ClN3O2. The van der Waals surface area contributed by atoms with Crippen LogP contribution in [0.3, 0.4) is 0 Å². The van der Waals surface area contributed by atoms with Gasteiger partial charge in [0.25, 0.3) is 0 Å². The Morgan fingerprint density at radius 3 is 2.83 bits per heavy atom. The Bertz CT molecular complexity index is 579. The van der Waals surface area contributed by atoms with E-state index in [1.54, 1.807) is 11.0 Å². The van der Waals surface area contributed by atoms with Gasteiger partial charge in [-0.3, -0.25) is 9.59 Å². The SMILES string of the molecule is CCC(C)C(N)C(=O)NC1CCCN(c2ccccc2Cl)C1=O. The predicted octanol–water partition coefficient (Wildman–Crippen LogP) is 2.33. The van der Waals surface area contributed by atoms with Crippen LogP contribution in [0.25, 0.3) is 0 Å². The Hall–Kier alpha value is -1.59. The highest BCUT2D eigenvalue weighted by Gasteiger charge is 2.33. The first-order valence-corrected chi connectivity index (χ1v) is 8.45. The number of hydrogen-bond acceptors (Lipinski definition) is 3. The Kier molecular flexibility index (Phi) is 6.02. The molecule has 0 spiro atoms. The van der Waals surface area contributed by atoms with E-state index in [0.29, 0.717) is 23.7 Å². The van der Waals surface area contributed by atoms with Gasteiger partial charge >= 0.3 is 0 Å². The fourth-order valence-corrected chi connectivity index (χ4v) is 2.94. The van der Waals surface area contributed by atoms with Gasteiger partial charge in [0.15, 0.2) is 0 Å². The lowest BCUT2D eigenvalue weighted by Gasteiger charge is -2.34. The van der Waals surface area contributed by atoms with Crippen LogP contribution in [0.15, 0.2) is 24.3 Å². The number of piperidine rings is 1. The molecular weight excluding hydrogens is 314 g/mol. The molecule has 2 rings (SSSR count). The Morgan fingerprint density at radius 2 is 2.17 bits per heavy atom. The Balaban J connectivity index is 2.08. The third-order valence-electron chi connectivity index (χ3n) is 4.46. The first-order chi connectivity index (χ1) is 11.0. The molecule has 1 aromatic carbocycles. The summed E-state index contributed by atoms with van der Waals surface area (Å²) in [6.07, 6.45) is 2.25. The van der Waals surface area contributed by atoms with Gasteiger partial charge in [0, 0.05) is 6.54 Å². The maximum Gasteiger partial charge on any atom is 0.249 e. The molecule has 1 fully saturated rings. The van der Waals surface area contributed by atoms with E-state index in [2.05, 4.69) is 5.32 Å². The molecule has 1 heterocycles. The second kappa shape index (κ2) is 7.79. The van der Waals surface area contributed by atoms with Crippen LogP contribution in [-0.4, -0.2) is 30.4 Å². The second-order valence-electron chi connectivity index (χ2n) is 6.06. The van der Waals surface area contributed by atoms with Gasteiger partial charge < -0.3 is 16.0 Å². The van der Waals surface area contributed by atoms with E-state index < -0.39 is 12.1 Å². The molecule has 3 atom stereocenters. The molecule has 1 aliphatic heterocycles. The minimum absolute atomic E-state index is 0.0772. The average Bonchev–Trinajstić information content (AvgIpc) is 2.56. The molecule has 0 saturated carbocycles. The summed E-state index contributed by atoms with van der Waals surface area (Å²) in [7, 11) is 0. The van der Waals surface area contributed by atoms with Crippen molar-refractivity contribution in [2.24, 2.45) is 11.7 Å². The van der Waals surface area contributed by atoms with Crippen LogP contribution >= 0.6 is 11.6 Å². The van der Waals surface area contributed by atoms with Gasteiger partial charge in [0.2, 0.25) is 11.8 Å². The standard InChI is InChI=1S/C17H24ClN3O2/c1-3-11(2)15(19)16(22)20-13-8-6-10-21(17(13)23)14-9-5-4-7-12(14)18/h4-5,7,9,11,13,15H,3,6,8,10,19H2,1-2H3,(H,20,22). The molecule has 3 N–H and O–H groups in total. The number of nitrogens with two attached hydrogens (primary N) is 1. The molecule has 1 aromatic rings. The third-order valence-corrected chi connectivity index (χ3v) is 4.78. The van der Waals surface area contributed by atoms with Gasteiger partial charge in [-0.05, 0) is 30.9 Å². The predicted molar refractivity (Wildman–Crippen MR) is 92.4 cm³/mol. The maximum atomic E-state index is 12.7. The fraction of sp³-hybridized carbons (Fsp3) is 0.529. The van der Waals surface area contributed by atoms with Crippen LogP contribution < -0.4 is 16.0 Å². The lowest BCUT2D eigenvalue weighted by atomic mass is 9.98. The van der Waals surface area contributed by atoms with Crippen molar-refractivity contribution >= 4 is 29.1 Å². The van der Waals surface area contributed by atoms with E-state index in [1.165, 1.54) is 0 Å². The summed E-state index contributed by atoms with van der Waals surface area (Å²) in [4.78, 5) is 26.6. The molecule has 5 nitrogen and oxygen atoms in total. The maximum absolute atomic E-state index is 12.7. The number of nitrogens with one attached hydrogen (secondary N) is 1. The van der Waals surface area contributed by atoms with Crippen LogP contribution in [0, 0.1) is 5.92 Å². The molecule has 0 aliphatic carbocycles. The van der Waals surface area contributed by atoms with Gasteiger partial charge in [-0.1, -0.05) is 44.0 Å². The number of carbonyl (C=O) groups is 2. The van der Waals surface area contributed by atoms with Gasteiger partial charge in [0.1, 0.15) is 6.04 Å². The normalized spacial score (nSPS) is 21.0. The van der Waals surface area contributed by atoms with Crippen molar-refractivity contribution in [3.05, 3.63) is 29.3 Å². The van der Waals surface area contributed by atoms with Crippen molar-refractivity contribution in [3.8, 4) is 0 Å². The van der Waals surface area contributed by atoms with E-state index in [-0.39, 0.29) is 17.7 Å².